The lowest BCUT2D eigenvalue weighted by atomic mass is 10.3. The van der Waals surface area contributed by atoms with Crippen molar-refractivity contribution in [1.29, 1.82) is 0 Å². The minimum Gasteiger partial charge on any atom is -0.330 e. The van der Waals surface area contributed by atoms with Gasteiger partial charge in [0.2, 0.25) is 5.13 Å². The molecule has 0 saturated heterocycles. The molecular weight excluding hydrogens is 371 g/mol. The van der Waals surface area contributed by atoms with E-state index in [0.717, 1.165) is 11.3 Å². The summed E-state index contributed by atoms with van der Waals surface area (Å²) in [6.07, 6.45) is 0. The maximum Gasteiger partial charge on any atom is 0.252 e. The van der Waals surface area contributed by atoms with Crippen molar-refractivity contribution in [2.45, 2.75) is 9.24 Å². The van der Waals surface area contributed by atoms with Crippen LogP contribution in [0.15, 0.2) is 33.5 Å². The molecule has 0 bridgehead atoms. The molecule has 2 aromatic heterocycles. The predicted molar refractivity (Wildman–Crippen MR) is 77.8 cm³/mol. The van der Waals surface area contributed by atoms with Crippen molar-refractivity contribution in [2.75, 3.05) is 5.32 Å². The van der Waals surface area contributed by atoms with Crippen LogP contribution in [0.1, 0.15) is 0 Å². The number of rotatable bonds is 4. The van der Waals surface area contributed by atoms with Gasteiger partial charge in [-0.15, -0.1) is 10.2 Å². The van der Waals surface area contributed by atoms with Crippen LogP contribution in [0.25, 0.3) is 0 Å². The quantitative estimate of drug-likeness (QED) is 0.536. The normalized spacial score (nSPS) is 10.9. The lowest BCUT2D eigenvalue weighted by Gasteiger charge is -2.03. The van der Waals surface area contributed by atoms with E-state index in [1.165, 1.54) is 18.2 Å². The molecule has 1 N–H and O–H groups in total. The van der Waals surface area contributed by atoms with E-state index < -0.39 is 34.2 Å². The summed E-state index contributed by atoms with van der Waals surface area (Å²) in [6.45, 7) is 0. The van der Waals surface area contributed by atoms with Gasteiger partial charge >= 0.3 is 0 Å². The summed E-state index contributed by atoms with van der Waals surface area (Å²) >= 11 is 1.23. The van der Waals surface area contributed by atoms with Gasteiger partial charge in [-0.25, -0.2) is 13.2 Å². The van der Waals surface area contributed by atoms with Gasteiger partial charge in [0.25, 0.3) is 11.9 Å². The number of aromatic nitrogens is 3. The topological polar surface area (TPSA) is 50.7 Å². The molecule has 1 aromatic carbocycles. The molecule has 0 aliphatic rings. The number of pyridine rings is 1. The van der Waals surface area contributed by atoms with Gasteiger partial charge in [0.1, 0.15) is 5.82 Å². The molecule has 3 aromatic rings. The zero-order valence-electron chi connectivity index (χ0n) is 11.4. The fraction of sp³-hybridized carbons (Fsp3) is 0. The van der Waals surface area contributed by atoms with E-state index in [9.17, 15) is 22.0 Å². The van der Waals surface area contributed by atoms with Crippen molar-refractivity contribution in [2.24, 2.45) is 0 Å². The monoisotopic (exact) mass is 376 g/mol. The van der Waals surface area contributed by atoms with Crippen molar-refractivity contribution in [3.63, 3.8) is 0 Å². The largest absolute Gasteiger partial charge is 0.330 e. The highest BCUT2D eigenvalue weighted by Crippen LogP contribution is 2.36. The molecule has 0 aliphatic carbocycles. The number of hydrogen-bond donors (Lipinski definition) is 1. The Hall–Kier alpha value is -2.27. The van der Waals surface area contributed by atoms with Crippen LogP contribution in [0.3, 0.4) is 0 Å². The minimum absolute atomic E-state index is 0.0247. The van der Waals surface area contributed by atoms with Crippen molar-refractivity contribution < 1.29 is 22.0 Å². The van der Waals surface area contributed by atoms with Gasteiger partial charge < -0.3 is 5.32 Å². The summed E-state index contributed by atoms with van der Waals surface area (Å²) in [4.78, 5) is 1.56. The third kappa shape index (κ3) is 3.46. The lowest BCUT2D eigenvalue weighted by Crippen LogP contribution is -2.01. The third-order valence-electron chi connectivity index (χ3n) is 2.63. The van der Waals surface area contributed by atoms with Crippen LogP contribution < -0.4 is 5.32 Å². The van der Waals surface area contributed by atoms with Gasteiger partial charge in [0.15, 0.2) is 16.0 Å². The van der Waals surface area contributed by atoms with E-state index in [1.54, 1.807) is 6.07 Å². The van der Waals surface area contributed by atoms with Gasteiger partial charge in [-0.3, -0.25) is 0 Å². The first-order valence-electron chi connectivity index (χ1n) is 6.18. The fourth-order valence-electron chi connectivity index (χ4n) is 1.64. The van der Waals surface area contributed by atoms with E-state index in [0.29, 0.717) is 17.4 Å². The zero-order chi connectivity index (χ0) is 17.3. The van der Waals surface area contributed by atoms with Crippen LogP contribution in [-0.2, 0) is 0 Å². The van der Waals surface area contributed by atoms with Gasteiger partial charge in [0, 0.05) is 5.69 Å². The molecule has 0 atom stereocenters. The van der Waals surface area contributed by atoms with Crippen LogP contribution in [0, 0.1) is 29.3 Å². The smallest absolute Gasteiger partial charge is 0.252 e. The minimum atomic E-state index is -1.75. The van der Waals surface area contributed by atoms with Crippen LogP contribution in [0.2, 0.25) is 0 Å². The van der Waals surface area contributed by atoms with Crippen LogP contribution >= 0.6 is 23.1 Å². The van der Waals surface area contributed by atoms with Crippen molar-refractivity contribution in [1.82, 2.24) is 15.2 Å². The van der Waals surface area contributed by atoms with Gasteiger partial charge in [-0.1, -0.05) is 29.2 Å². The molecule has 0 amide bonds. The first kappa shape index (κ1) is 16.6. The molecule has 2 heterocycles. The molecule has 0 radical (unpaired) electrons. The lowest BCUT2D eigenvalue weighted by molar-refractivity contribution is 0.383. The Morgan fingerprint density at radius 2 is 1.67 bits per heavy atom. The molecule has 24 heavy (non-hydrogen) atoms. The molecule has 124 valence electrons. The summed E-state index contributed by atoms with van der Waals surface area (Å²) < 4.78 is 66.4. The fourth-order valence-corrected chi connectivity index (χ4v) is 3.39. The second-order valence-electron chi connectivity index (χ2n) is 4.26. The van der Waals surface area contributed by atoms with E-state index in [4.69, 9.17) is 0 Å². The SMILES string of the molecule is Fc1cccc(Nc2nnc(Sc3c(F)c(F)nc(F)c3F)s2)c1. The summed E-state index contributed by atoms with van der Waals surface area (Å²) in [7, 11) is 0. The van der Waals surface area contributed by atoms with Crippen LogP contribution in [-0.4, -0.2) is 15.2 Å². The highest BCUT2D eigenvalue weighted by molar-refractivity contribution is 8.01. The molecule has 0 fully saturated rings. The molecule has 3 rings (SSSR count). The average molecular weight is 376 g/mol. The Balaban J connectivity index is 1.82. The molecule has 11 heteroatoms. The maximum absolute atomic E-state index is 13.6. The summed E-state index contributed by atoms with van der Waals surface area (Å²) in [5, 5.41) is 10.3. The number of halogens is 5. The first-order chi connectivity index (χ1) is 11.4. The molecule has 0 unspecified atom stereocenters. The van der Waals surface area contributed by atoms with Crippen molar-refractivity contribution in [3.05, 3.63) is 53.6 Å². The van der Waals surface area contributed by atoms with Crippen LogP contribution in [0.5, 0.6) is 0 Å². The molecule has 0 saturated carbocycles. The zero-order valence-corrected chi connectivity index (χ0v) is 13.0. The van der Waals surface area contributed by atoms with Gasteiger partial charge in [-0.05, 0) is 18.2 Å². The molecule has 0 spiro atoms. The highest BCUT2D eigenvalue weighted by atomic mass is 32.2. The highest BCUT2D eigenvalue weighted by Gasteiger charge is 2.23. The third-order valence-corrected chi connectivity index (χ3v) is 4.58. The van der Waals surface area contributed by atoms with Gasteiger partial charge in [0.05, 0.1) is 4.90 Å². The Kier molecular flexibility index (Phi) is 4.62. The number of hydrogen-bond acceptors (Lipinski definition) is 6. The number of benzene rings is 1. The van der Waals surface area contributed by atoms with E-state index >= 15 is 0 Å². The molecular formula is C13H5F5N4S2. The number of nitrogens with zero attached hydrogens (tertiary/aromatic N) is 3. The van der Waals surface area contributed by atoms with E-state index in [1.807, 2.05) is 0 Å². The Labute approximate surface area is 139 Å². The Morgan fingerprint density at radius 1 is 0.958 bits per heavy atom. The number of anilines is 2. The van der Waals surface area contributed by atoms with E-state index in [-0.39, 0.29) is 9.47 Å². The summed E-state index contributed by atoms with van der Waals surface area (Å²) in [6, 6.07) is 5.51. The molecule has 4 nitrogen and oxygen atoms in total. The second kappa shape index (κ2) is 6.69. The van der Waals surface area contributed by atoms with Crippen molar-refractivity contribution >= 4 is 33.9 Å². The average Bonchev–Trinajstić information content (AvgIpc) is 2.97. The first-order valence-corrected chi connectivity index (χ1v) is 7.81. The number of nitrogens with one attached hydrogen (secondary N) is 1. The molecule has 0 aliphatic heterocycles. The van der Waals surface area contributed by atoms with Crippen LogP contribution in [0.4, 0.5) is 32.8 Å². The predicted octanol–water partition coefficient (Wildman–Crippen LogP) is 4.52. The standard InChI is InChI=1S/C13H5F5N4S2/c14-5-2-1-3-6(4-5)19-12-21-22-13(24-12)23-9-7(15)10(17)20-11(18)8(9)16/h1-4H,(H,19,21). The van der Waals surface area contributed by atoms with E-state index in [2.05, 4.69) is 20.5 Å². The summed E-state index contributed by atoms with van der Waals surface area (Å²) in [5.41, 5.74) is 0.390. The summed E-state index contributed by atoms with van der Waals surface area (Å²) in [5.74, 6) is -7.20. The second-order valence-corrected chi connectivity index (χ2v) is 6.50. The Morgan fingerprint density at radius 3 is 2.33 bits per heavy atom. The maximum atomic E-state index is 13.6. The Bertz CT molecular complexity index is 876. The van der Waals surface area contributed by atoms with Gasteiger partial charge in [-0.2, -0.15) is 13.8 Å². The van der Waals surface area contributed by atoms with Crippen molar-refractivity contribution in [3.8, 4) is 0 Å².